The van der Waals surface area contributed by atoms with Gasteiger partial charge in [-0.15, -0.1) is 0 Å². The average molecular weight is 644 g/mol. The normalized spacial score (nSPS) is 16.0. The Hall–Kier alpha value is -3.85. The molecule has 4 aromatic rings. The second-order valence-corrected chi connectivity index (χ2v) is 12.5. The summed E-state index contributed by atoms with van der Waals surface area (Å²) in [5.41, 5.74) is 1.62. The third kappa shape index (κ3) is 4.95. The van der Waals surface area contributed by atoms with E-state index >= 15 is 8.78 Å². The number of methoxy groups -OCH3 is 2. The third-order valence-electron chi connectivity index (χ3n) is 7.87. The summed E-state index contributed by atoms with van der Waals surface area (Å²) in [6.07, 6.45) is 1.54. The van der Waals surface area contributed by atoms with Gasteiger partial charge in [-0.3, -0.25) is 4.90 Å². The summed E-state index contributed by atoms with van der Waals surface area (Å²) < 4.78 is 76.5. The molecule has 0 atom stereocenters. The molecule has 2 aromatic carbocycles. The van der Waals surface area contributed by atoms with Gasteiger partial charge in [-0.25, -0.2) is 26.2 Å². The van der Waals surface area contributed by atoms with Crippen LogP contribution in [0.15, 0.2) is 53.6 Å². The first-order valence-corrected chi connectivity index (χ1v) is 15.9. The molecule has 44 heavy (non-hydrogen) atoms. The van der Waals surface area contributed by atoms with Gasteiger partial charge in [-0.05, 0) is 37.3 Å². The van der Waals surface area contributed by atoms with Gasteiger partial charge in [0.15, 0.2) is 33.9 Å². The summed E-state index contributed by atoms with van der Waals surface area (Å²) in [6.45, 7) is 4.93. The van der Waals surface area contributed by atoms with Crippen molar-refractivity contribution in [1.29, 1.82) is 0 Å². The highest BCUT2D eigenvalue weighted by Gasteiger charge is 2.36. The molecular weight excluding hydrogens is 612 g/mol. The number of aromatic nitrogens is 2. The van der Waals surface area contributed by atoms with E-state index in [4.69, 9.17) is 26.4 Å². The Balaban J connectivity index is 1.54. The molecule has 2 aliphatic heterocycles. The number of hydrogen-bond acceptors (Lipinski definition) is 8. The fourth-order valence-corrected chi connectivity index (χ4v) is 7.64. The van der Waals surface area contributed by atoms with Crippen LogP contribution in [-0.4, -0.2) is 74.5 Å². The highest BCUT2D eigenvalue weighted by Crippen LogP contribution is 2.43. The van der Waals surface area contributed by atoms with E-state index in [0.29, 0.717) is 61.7 Å². The van der Waals surface area contributed by atoms with Crippen LogP contribution in [0.3, 0.4) is 0 Å². The summed E-state index contributed by atoms with van der Waals surface area (Å²) >= 11 is 5.84. The molecule has 0 radical (unpaired) electrons. The largest absolute Gasteiger partial charge is 0.493 e. The van der Waals surface area contributed by atoms with E-state index in [9.17, 15) is 8.42 Å². The first-order valence-electron chi connectivity index (χ1n) is 14.0. The van der Waals surface area contributed by atoms with Crippen molar-refractivity contribution >= 4 is 49.8 Å². The summed E-state index contributed by atoms with van der Waals surface area (Å²) in [5.74, 6) is -2.23. The van der Waals surface area contributed by atoms with Gasteiger partial charge in [-0.2, -0.15) is 0 Å². The minimum atomic E-state index is -4.04. The molecule has 0 N–H and O–H groups in total. The molecule has 6 rings (SSSR count). The molecule has 4 heterocycles. The Labute approximate surface area is 259 Å². The molecule has 2 aliphatic rings. The van der Waals surface area contributed by atoms with E-state index in [1.807, 2.05) is 13.0 Å². The number of fused-ring (bicyclic) bond motifs is 3. The number of halogens is 2. The fourth-order valence-electron chi connectivity index (χ4n) is 5.76. The molecule has 1 saturated heterocycles. The van der Waals surface area contributed by atoms with Gasteiger partial charge in [0.05, 0.1) is 50.3 Å². The summed E-state index contributed by atoms with van der Waals surface area (Å²) in [7, 11) is -1.48. The molecule has 10 nitrogen and oxygen atoms in total. The third-order valence-corrected chi connectivity index (χ3v) is 10.1. The zero-order valence-corrected chi connectivity index (χ0v) is 26.1. The molecule has 0 bridgehead atoms. The van der Waals surface area contributed by atoms with Crippen LogP contribution in [0.5, 0.6) is 11.5 Å². The van der Waals surface area contributed by atoms with Crippen LogP contribution in [0.4, 0.5) is 20.2 Å². The zero-order valence-electron chi connectivity index (χ0n) is 24.4. The molecule has 232 valence electrons. The van der Waals surface area contributed by atoms with Crippen molar-refractivity contribution in [3.05, 3.63) is 71.6 Å². The summed E-state index contributed by atoms with van der Waals surface area (Å²) in [5, 5.41) is 0.701. The van der Waals surface area contributed by atoms with Crippen molar-refractivity contribution in [3.63, 3.8) is 0 Å². The molecule has 0 aliphatic carbocycles. The number of morpholine rings is 1. The van der Waals surface area contributed by atoms with E-state index in [0.717, 1.165) is 6.07 Å². The second-order valence-electron chi connectivity index (χ2n) is 10.3. The van der Waals surface area contributed by atoms with Crippen LogP contribution < -0.4 is 19.3 Å². The van der Waals surface area contributed by atoms with Gasteiger partial charge in [0, 0.05) is 49.4 Å². The van der Waals surface area contributed by atoms with Gasteiger partial charge in [0.25, 0.3) is 10.0 Å². The van der Waals surface area contributed by atoms with Gasteiger partial charge in [0.2, 0.25) is 0 Å². The van der Waals surface area contributed by atoms with Gasteiger partial charge >= 0.3 is 0 Å². The van der Waals surface area contributed by atoms with Crippen LogP contribution in [0, 0.1) is 11.6 Å². The Kier molecular flexibility index (Phi) is 8.18. The maximum absolute atomic E-state index is 15.6. The van der Waals surface area contributed by atoms with Crippen molar-refractivity contribution < 1.29 is 31.4 Å². The lowest BCUT2D eigenvalue weighted by Crippen LogP contribution is -2.48. The summed E-state index contributed by atoms with van der Waals surface area (Å²) in [4.78, 5) is 9.99. The fraction of sp³-hybridized carbons (Fsp3) is 0.333. The zero-order chi connectivity index (χ0) is 31.2. The van der Waals surface area contributed by atoms with Crippen LogP contribution >= 0.6 is 12.2 Å². The number of pyridine rings is 1. The minimum Gasteiger partial charge on any atom is -0.493 e. The standard InChI is InChI=1S/C30H31F2N5O5S2/c1-4-35-27-19(17-36(30(35)43)28-25(31)23(40-2)15-24(41-3)26(28)32)16-33-29-22(27)14-20(18-34-10-12-42-13-11-34)37(29)44(38,39)21-8-6-5-7-9-21/h5-9,14-16H,4,10-13,17-18H2,1-3H3. The molecule has 0 amide bonds. The second kappa shape index (κ2) is 11.9. The number of hydrogen-bond donors (Lipinski definition) is 0. The van der Waals surface area contributed by atoms with Crippen molar-refractivity contribution in [3.8, 4) is 11.5 Å². The first kappa shape index (κ1) is 30.2. The Morgan fingerprint density at radius 1 is 1.00 bits per heavy atom. The molecule has 0 saturated carbocycles. The van der Waals surface area contributed by atoms with E-state index in [-0.39, 0.29) is 33.7 Å². The number of rotatable bonds is 8. The van der Waals surface area contributed by atoms with Crippen LogP contribution in [-0.2, 0) is 27.8 Å². The Bertz CT molecular complexity index is 1820. The van der Waals surface area contributed by atoms with Gasteiger partial charge in [-0.1, -0.05) is 18.2 Å². The summed E-state index contributed by atoms with van der Waals surface area (Å²) in [6, 6.07) is 11.2. The monoisotopic (exact) mass is 643 g/mol. The van der Waals surface area contributed by atoms with E-state index in [2.05, 4.69) is 9.88 Å². The minimum absolute atomic E-state index is 0.0207. The lowest BCUT2D eigenvalue weighted by Gasteiger charge is -2.39. The molecular formula is C30H31F2N5O5S2. The maximum Gasteiger partial charge on any atom is 0.269 e. The number of ether oxygens (including phenoxy) is 3. The Morgan fingerprint density at radius 3 is 2.27 bits per heavy atom. The van der Waals surface area contributed by atoms with E-state index in [1.54, 1.807) is 35.2 Å². The molecule has 1 fully saturated rings. The average Bonchev–Trinajstić information content (AvgIpc) is 3.41. The lowest BCUT2D eigenvalue weighted by atomic mass is 10.1. The quantitative estimate of drug-likeness (QED) is 0.255. The molecule has 14 heteroatoms. The van der Waals surface area contributed by atoms with E-state index in [1.165, 1.54) is 29.3 Å². The maximum atomic E-state index is 15.6. The van der Waals surface area contributed by atoms with Crippen LogP contribution in [0.1, 0.15) is 18.2 Å². The van der Waals surface area contributed by atoms with Gasteiger partial charge in [0.1, 0.15) is 5.69 Å². The molecule has 0 spiro atoms. The topological polar surface area (TPSA) is 89.4 Å². The predicted molar refractivity (Wildman–Crippen MR) is 166 cm³/mol. The first-order chi connectivity index (χ1) is 21.2. The van der Waals surface area contributed by atoms with Crippen molar-refractivity contribution in [2.75, 3.05) is 56.9 Å². The number of nitrogens with zero attached hydrogens (tertiary/aromatic N) is 5. The SMILES string of the molecule is CCN1C(=S)N(c2c(F)c(OC)cc(OC)c2F)Cc2cnc3c(cc(CN4CCOCC4)n3S(=O)(=O)c3ccccc3)c21. The number of anilines is 2. The molecule has 0 unspecified atom stereocenters. The number of thiocarbonyl (C=S) groups is 1. The number of benzene rings is 2. The van der Waals surface area contributed by atoms with Crippen LogP contribution in [0.25, 0.3) is 11.0 Å². The Morgan fingerprint density at radius 2 is 1.66 bits per heavy atom. The van der Waals surface area contributed by atoms with Crippen molar-refractivity contribution in [1.82, 2.24) is 13.9 Å². The lowest BCUT2D eigenvalue weighted by molar-refractivity contribution is 0.0336. The van der Waals surface area contributed by atoms with E-state index < -0.39 is 27.3 Å². The highest BCUT2D eigenvalue weighted by molar-refractivity contribution is 7.90. The van der Waals surface area contributed by atoms with Crippen molar-refractivity contribution in [2.24, 2.45) is 0 Å². The molecule has 2 aromatic heterocycles. The van der Waals surface area contributed by atoms with Gasteiger partial charge < -0.3 is 24.0 Å². The van der Waals surface area contributed by atoms with Crippen molar-refractivity contribution in [2.45, 2.75) is 24.9 Å². The smallest absolute Gasteiger partial charge is 0.269 e. The predicted octanol–water partition coefficient (Wildman–Crippen LogP) is 4.53. The highest BCUT2D eigenvalue weighted by atomic mass is 32.2. The van der Waals surface area contributed by atoms with Crippen LogP contribution in [0.2, 0.25) is 0 Å².